The van der Waals surface area contributed by atoms with Crippen LogP contribution in [0.5, 0.6) is 5.75 Å². The summed E-state index contributed by atoms with van der Waals surface area (Å²) in [6.07, 6.45) is 2.77. The number of halogens is 1. The van der Waals surface area contributed by atoms with E-state index in [4.69, 9.17) is 21.4 Å². The average molecular weight is 272 g/mol. The molecular formula is C14H22ClNO2. The van der Waals surface area contributed by atoms with Crippen LogP contribution in [0, 0.1) is 0 Å². The molecule has 0 amide bonds. The number of ether oxygens (including phenoxy) is 1. The standard InChI is InChI=1S/C14H22ClNO2/c1-2-16-11-12-13(15)7-6-8-14(12)18-10-5-3-4-9-17/h6-8,16-17H,2-5,9-11H2,1H3. The highest BCUT2D eigenvalue weighted by molar-refractivity contribution is 6.31. The Morgan fingerprint density at radius 2 is 2.11 bits per heavy atom. The zero-order chi connectivity index (χ0) is 13.2. The molecule has 0 spiro atoms. The molecule has 1 aromatic rings. The molecule has 18 heavy (non-hydrogen) atoms. The van der Waals surface area contributed by atoms with E-state index in [2.05, 4.69) is 12.2 Å². The Bertz CT molecular complexity index is 345. The Morgan fingerprint density at radius 3 is 2.83 bits per heavy atom. The van der Waals surface area contributed by atoms with Crippen LogP contribution in [0.25, 0.3) is 0 Å². The minimum Gasteiger partial charge on any atom is -0.493 e. The lowest BCUT2D eigenvalue weighted by atomic mass is 10.2. The van der Waals surface area contributed by atoms with Crippen molar-refractivity contribution in [3.8, 4) is 5.75 Å². The first-order chi connectivity index (χ1) is 8.79. The van der Waals surface area contributed by atoms with Crippen molar-refractivity contribution >= 4 is 11.6 Å². The number of rotatable bonds is 9. The second-order valence-corrected chi connectivity index (χ2v) is 4.54. The first-order valence-corrected chi connectivity index (χ1v) is 6.89. The molecule has 0 aliphatic carbocycles. The third-order valence-electron chi connectivity index (χ3n) is 2.69. The van der Waals surface area contributed by atoms with Crippen molar-refractivity contribution < 1.29 is 9.84 Å². The molecular weight excluding hydrogens is 250 g/mol. The molecule has 0 fully saturated rings. The molecule has 0 bridgehead atoms. The molecule has 0 radical (unpaired) electrons. The van der Waals surface area contributed by atoms with Gasteiger partial charge in [0.2, 0.25) is 0 Å². The molecule has 2 N–H and O–H groups in total. The number of nitrogens with one attached hydrogen (secondary N) is 1. The van der Waals surface area contributed by atoms with Gasteiger partial charge in [-0.2, -0.15) is 0 Å². The van der Waals surface area contributed by atoms with E-state index in [0.717, 1.165) is 48.7 Å². The van der Waals surface area contributed by atoms with Gasteiger partial charge in [-0.3, -0.25) is 0 Å². The number of hydrogen-bond donors (Lipinski definition) is 2. The van der Waals surface area contributed by atoms with E-state index in [1.54, 1.807) is 0 Å². The summed E-state index contributed by atoms with van der Waals surface area (Å²) < 4.78 is 5.76. The molecule has 1 rings (SSSR count). The van der Waals surface area contributed by atoms with E-state index in [-0.39, 0.29) is 6.61 Å². The maximum absolute atomic E-state index is 8.69. The Balaban J connectivity index is 2.50. The molecule has 102 valence electrons. The summed E-state index contributed by atoms with van der Waals surface area (Å²) in [6, 6.07) is 5.73. The van der Waals surface area contributed by atoms with E-state index in [0.29, 0.717) is 6.61 Å². The lowest BCUT2D eigenvalue weighted by Crippen LogP contribution is -2.13. The Hall–Kier alpha value is -0.770. The number of aliphatic hydroxyl groups is 1. The second kappa shape index (κ2) is 9.20. The average Bonchev–Trinajstić information content (AvgIpc) is 2.38. The van der Waals surface area contributed by atoms with Crippen molar-refractivity contribution in [2.45, 2.75) is 32.7 Å². The highest BCUT2D eigenvalue weighted by Crippen LogP contribution is 2.26. The predicted molar refractivity (Wildman–Crippen MR) is 75.3 cm³/mol. The number of unbranched alkanes of at least 4 members (excludes halogenated alkanes) is 2. The van der Waals surface area contributed by atoms with Gasteiger partial charge in [-0.1, -0.05) is 24.6 Å². The van der Waals surface area contributed by atoms with E-state index in [9.17, 15) is 0 Å². The van der Waals surface area contributed by atoms with Crippen molar-refractivity contribution in [3.63, 3.8) is 0 Å². The fraction of sp³-hybridized carbons (Fsp3) is 0.571. The molecule has 0 aliphatic rings. The van der Waals surface area contributed by atoms with Gasteiger partial charge < -0.3 is 15.2 Å². The van der Waals surface area contributed by atoms with Crippen LogP contribution in [0.2, 0.25) is 5.02 Å². The van der Waals surface area contributed by atoms with Crippen molar-refractivity contribution in [1.29, 1.82) is 0 Å². The number of benzene rings is 1. The molecule has 0 heterocycles. The summed E-state index contributed by atoms with van der Waals surface area (Å²) in [4.78, 5) is 0. The number of aliphatic hydroxyl groups excluding tert-OH is 1. The topological polar surface area (TPSA) is 41.5 Å². The summed E-state index contributed by atoms with van der Waals surface area (Å²) >= 11 is 6.17. The van der Waals surface area contributed by atoms with Crippen LogP contribution in [0.1, 0.15) is 31.7 Å². The fourth-order valence-corrected chi connectivity index (χ4v) is 1.90. The minimum absolute atomic E-state index is 0.253. The predicted octanol–water partition coefficient (Wildman–Crippen LogP) is 2.99. The second-order valence-electron chi connectivity index (χ2n) is 4.13. The van der Waals surface area contributed by atoms with Crippen LogP contribution in [0.15, 0.2) is 18.2 Å². The maximum Gasteiger partial charge on any atom is 0.125 e. The van der Waals surface area contributed by atoms with Crippen molar-refractivity contribution in [2.75, 3.05) is 19.8 Å². The highest BCUT2D eigenvalue weighted by Gasteiger charge is 2.07. The quantitative estimate of drug-likeness (QED) is 0.679. The third-order valence-corrected chi connectivity index (χ3v) is 3.04. The van der Waals surface area contributed by atoms with Crippen molar-refractivity contribution in [3.05, 3.63) is 28.8 Å². The third kappa shape index (κ3) is 5.25. The number of hydrogen-bond acceptors (Lipinski definition) is 3. The van der Waals surface area contributed by atoms with Gasteiger partial charge >= 0.3 is 0 Å². The highest BCUT2D eigenvalue weighted by atomic mass is 35.5. The largest absolute Gasteiger partial charge is 0.493 e. The van der Waals surface area contributed by atoms with Gasteiger partial charge in [0.1, 0.15) is 5.75 Å². The van der Waals surface area contributed by atoms with Gasteiger partial charge in [0.15, 0.2) is 0 Å². The van der Waals surface area contributed by atoms with Crippen LogP contribution in [-0.4, -0.2) is 24.9 Å². The minimum atomic E-state index is 0.253. The van der Waals surface area contributed by atoms with Crippen molar-refractivity contribution in [2.24, 2.45) is 0 Å². The van der Waals surface area contributed by atoms with Crippen LogP contribution in [-0.2, 0) is 6.54 Å². The summed E-state index contributed by atoms with van der Waals surface area (Å²) in [5, 5.41) is 12.7. The first kappa shape index (κ1) is 15.3. The Morgan fingerprint density at radius 1 is 1.28 bits per heavy atom. The van der Waals surface area contributed by atoms with Gasteiger partial charge in [0.05, 0.1) is 6.61 Å². The van der Waals surface area contributed by atoms with Gasteiger partial charge in [0, 0.05) is 23.7 Å². The maximum atomic E-state index is 8.69. The van der Waals surface area contributed by atoms with Crippen molar-refractivity contribution in [1.82, 2.24) is 5.32 Å². The fourth-order valence-electron chi connectivity index (χ4n) is 1.67. The summed E-state index contributed by atoms with van der Waals surface area (Å²) in [5.41, 5.74) is 1.02. The van der Waals surface area contributed by atoms with E-state index < -0.39 is 0 Å². The SMILES string of the molecule is CCNCc1c(Cl)cccc1OCCCCCO. The molecule has 0 saturated carbocycles. The molecule has 0 aliphatic heterocycles. The van der Waals surface area contributed by atoms with Gasteiger partial charge in [-0.15, -0.1) is 0 Å². The summed E-state index contributed by atoms with van der Waals surface area (Å²) in [7, 11) is 0. The monoisotopic (exact) mass is 271 g/mol. The lowest BCUT2D eigenvalue weighted by Gasteiger charge is -2.13. The summed E-state index contributed by atoms with van der Waals surface area (Å²) in [6.45, 7) is 4.61. The van der Waals surface area contributed by atoms with Crippen LogP contribution in [0.3, 0.4) is 0 Å². The van der Waals surface area contributed by atoms with Crippen LogP contribution < -0.4 is 10.1 Å². The van der Waals surface area contributed by atoms with E-state index in [1.165, 1.54) is 0 Å². The van der Waals surface area contributed by atoms with E-state index in [1.807, 2.05) is 18.2 Å². The molecule has 0 saturated heterocycles. The first-order valence-electron chi connectivity index (χ1n) is 6.51. The van der Waals surface area contributed by atoms with Gasteiger partial charge in [-0.05, 0) is 37.9 Å². The molecule has 0 aromatic heterocycles. The van der Waals surface area contributed by atoms with Crippen LogP contribution >= 0.6 is 11.6 Å². The molecule has 4 heteroatoms. The summed E-state index contributed by atoms with van der Waals surface area (Å²) in [5.74, 6) is 0.854. The molecule has 0 atom stereocenters. The van der Waals surface area contributed by atoms with E-state index >= 15 is 0 Å². The molecule has 0 unspecified atom stereocenters. The van der Waals surface area contributed by atoms with Gasteiger partial charge in [-0.25, -0.2) is 0 Å². The Labute approximate surface area is 114 Å². The molecule has 3 nitrogen and oxygen atoms in total. The smallest absolute Gasteiger partial charge is 0.125 e. The molecule has 1 aromatic carbocycles. The normalized spacial score (nSPS) is 10.6. The van der Waals surface area contributed by atoms with Gasteiger partial charge in [0.25, 0.3) is 0 Å². The zero-order valence-electron chi connectivity index (χ0n) is 10.9. The lowest BCUT2D eigenvalue weighted by molar-refractivity contribution is 0.265. The zero-order valence-corrected chi connectivity index (χ0v) is 11.7. The Kier molecular flexibility index (Phi) is 7.81. The van der Waals surface area contributed by atoms with Crippen LogP contribution in [0.4, 0.5) is 0 Å².